The summed E-state index contributed by atoms with van der Waals surface area (Å²) < 4.78 is 8.14. The van der Waals surface area contributed by atoms with Gasteiger partial charge < -0.3 is 19.9 Å². The van der Waals surface area contributed by atoms with E-state index in [9.17, 15) is 9.59 Å². The Bertz CT molecular complexity index is 1210. The highest BCUT2D eigenvalue weighted by atomic mass is 16.5. The lowest BCUT2D eigenvalue weighted by molar-refractivity contribution is -0.00585. The molecular weight excluding hydrogens is 408 g/mol. The van der Waals surface area contributed by atoms with E-state index in [2.05, 4.69) is 20.4 Å². The molecule has 2 aliphatic rings. The number of likely N-dealkylation sites (tertiary alicyclic amines) is 1. The maximum absolute atomic E-state index is 13.1. The van der Waals surface area contributed by atoms with Gasteiger partial charge in [0.05, 0.1) is 29.2 Å². The van der Waals surface area contributed by atoms with E-state index in [4.69, 9.17) is 4.74 Å². The number of Topliss-reactive ketones (excluding diaryl/α,β-unsaturated/α-hetero) is 1. The van der Waals surface area contributed by atoms with Crippen molar-refractivity contribution in [3.05, 3.63) is 35.7 Å². The summed E-state index contributed by atoms with van der Waals surface area (Å²) in [6.45, 7) is 7.19. The molecule has 1 fully saturated rings. The smallest absolute Gasteiger partial charge is 0.253 e. The number of piperidine rings is 1. The molecule has 2 N–H and O–H groups in total. The predicted octanol–water partition coefficient (Wildman–Crippen LogP) is 3.20. The molecule has 2 aromatic heterocycles. The van der Waals surface area contributed by atoms with Crippen molar-refractivity contribution in [3.8, 4) is 5.75 Å². The van der Waals surface area contributed by atoms with Crippen molar-refractivity contribution in [1.82, 2.24) is 24.6 Å². The second kappa shape index (κ2) is 7.08. The van der Waals surface area contributed by atoms with Gasteiger partial charge in [0.1, 0.15) is 5.60 Å². The van der Waals surface area contributed by atoms with E-state index in [1.807, 2.05) is 50.1 Å². The van der Waals surface area contributed by atoms with Crippen LogP contribution in [0.1, 0.15) is 60.9 Å². The zero-order chi connectivity index (χ0) is 22.7. The standard InChI is InChI=1S/C23H28N6O3/c1-22(2,3)29-13-18-19(27-29)17(30)12-23(32-18)7-9-28(10-8-23)20(31)14-5-6-15-16(11-14)26-21(24-4)25-15/h5-6,11,13H,7-10,12H2,1-4H3,(H2,24,25,26). The largest absolute Gasteiger partial charge is 0.483 e. The first-order chi connectivity index (χ1) is 15.2. The van der Waals surface area contributed by atoms with Gasteiger partial charge in [-0.2, -0.15) is 5.10 Å². The summed E-state index contributed by atoms with van der Waals surface area (Å²) in [6.07, 6.45) is 3.35. The first-order valence-corrected chi connectivity index (χ1v) is 11.0. The molecule has 9 nitrogen and oxygen atoms in total. The molecule has 4 heterocycles. The average Bonchev–Trinajstić information content (AvgIpc) is 3.37. The second-order valence-electron chi connectivity index (χ2n) is 9.70. The Balaban J connectivity index is 1.31. The molecule has 0 aliphatic carbocycles. The molecule has 0 bridgehead atoms. The van der Waals surface area contributed by atoms with Crippen molar-refractivity contribution in [1.29, 1.82) is 0 Å². The van der Waals surface area contributed by atoms with Gasteiger partial charge in [-0.1, -0.05) is 0 Å². The molecule has 1 aromatic carbocycles. The van der Waals surface area contributed by atoms with Crippen LogP contribution in [-0.2, 0) is 5.54 Å². The number of rotatable bonds is 2. The monoisotopic (exact) mass is 436 g/mol. The van der Waals surface area contributed by atoms with Gasteiger partial charge in [0, 0.05) is 38.5 Å². The Kier molecular flexibility index (Phi) is 4.54. The number of anilines is 1. The number of amides is 1. The van der Waals surface area contributed by atoms with Gasteiger partial charge >= 0.3 is 0 Å². The Morgan fingerprint density at radius 2 is 2.00 bits per heavy atom. The van der Waals surface area contributed by atoms with Crippen LogP contribution >= 0.6 is 0 Å². The van der Waals surface area contributed by atoms with Crippen LogP contribution in [0.25, 0.3) is 11.0 Å². The number of fused-ring (bicyclic) bond motifs is 2. The van der Waals surface area contributed by atoms with E-state index >= 15 is 0 Å². The summed E-state index contributed by atoms with van der Waals surface area (Å²) >= 11 is 0. The number of ketones is 1. The van der Waals surface area contributed by atoms with Gasteiger partial charge in [-0.05, 0) is 39.0 Å². The van der Waals surface area contributed by atoms with Crippen molar-refractivity contribution in [2.45, 2.75) is 51.2 Å². The summed E-state index contributed by atoms with van der Waals surface area (Å²) in [4.78, 5) is 35.4. The van der Waals surface area contributed by atoms with Crippen LogP contribution in [0.3, 0.4) is 0 Å². The van der Waals surface area contributed by atoms with Crippen molar-refractivity contribution in [3.63, 3.8) is 0 Å². The molecule has 3 aromatic rings. The van der Waals surface area contributed by atoms with Gasteiger partial charge in [0.2, 0.25) is 5.95 Å². The van der Waals surface area contributed by atoms with Crippen molar-refractivity contribution >= 4 is 28.7 Å². The normalized spacial score (nSPS) is 18.0. The van der Waals surface area contributed by atoms with Crippen LogP contribution in [-0.4, -0.2) is 62.1 Å². The quantitative estimate of drug-likeness (QED) is 0.639. The van der Waals surface area contributed by atoms with Gasteiger partial charge in [-0.3, -0.25) is 14.3 Å². The molecule has 0 saturated carbocycles. The minimum Gasteiger partial charge on any atom is -0.483 e. The lowest BCUT2D eigenvalue weighted by atomic mass is 9.83. The SMILES string of the molecule is CNc1nc2ccc(C(=O)N3CCC4(CC3)CC(=O)c3nn(C(C)(C)C)cc3O4)cc2[nH]1. The molecule has 0 radical (unpaired) electrons. The third-order valence-corrected chi connectivity index (χ3v) is 6.37. The van der Waals surface area contributed by atoms with Gasteiger partial charge in [0.25, 0.3) is 5.91 Å². The molecular formula is C23H28N6O3. The van der Waals surface area contributed by atoms with Crippen LogP contribution in [0.2, 0.25) is 0 Å². The van der Waals surface area contributed by atoms with Gasteiger partial charge in [-0.15, -0.1) is 0 Å². The van der Waals surface area contributed by atoms with E-state index < -0.39 is 5.60 Å². The van der Waals surface area contributed by atoms with E-state index in [0.29, 0.717) is 55.3 Å². The molecule has 1 amide bonds. The van der Waals surface area contributed by atoms with Crippen LogP contribution in [0.15, 0.2) is 24.4 Å². The molecule has 1 saturated heterocycles. The first-order valence-electron chi connectivity index (χ1n) is 11.0. The fourth-order valence-electron chi connectivity index (χ4n) is 4.46. The number of aromatic amines is 1. The lowest BCUT2D eigenvalue weighted by Crippen LogP contribution is -2.52. The molecule has 9 heteroatoms. The van der Waals surface area contributed by atoms with Crippen molar-refractivity contribution < 1.29 is 14.3 Å². The van der Waals surface area contributed by atoms with Crippen LogP contribution in [0.4, 0.5) is 5.95 Å². The lowest BCUT2D eigenvalue weighted by Gasteiger charge is -2.43. The topological polar surface area (TPSA) is 105 Å². The van der Waals surface area contributed by atoms with Crippen LogP contribution in [0, 0.1) is 0 Å². The van der Waals surface area contributed by atoms with Crippen molar-refractivity contribution in [2.24, 2.45) is 0 Å². The number of imidazole rings is 1. The highest BCUT2D eigenvalue weighted by Crippen LogP contribution is 2.40. The number of nitrogens with one attached hydrogen (secondary N) is 2. The molecule has 2 aliphatic heterocycles. The van der Waals surface area contributed by atoms with E-state index in [1.54, 1.807) is 11.7 Å². The van der Waals surface area contributed by atoms with Crippen LogP contribution < -0.4 is 10.1 Å². The number of carbonyl (C=O) groups excluding carboxylic acids is 2. The molecule has 0 unspecified atom stereocenters. The summed E-state index contributed by atoms with van der Waals surface area (Å²) in [7, 11) is 1.79. The molecule has 1 spiro atoms. The number of hydrogen-bond donors (Lipinski definition) is 2. The zero-order valence-electron chi connectivity index (χ0n) is 18.9. The highest BCUT2D eigenvalue weighted by Gasteiger charge is 2.45. The number of carbonyl (C=O) groups is 2. The van der Waals surface area contributed by atoms with Gasteiger partial charge in [-0.25, -0.2) is 4.98 Å². The maximum Gasteiger partial charge on any atom is 0.253 e. The van der Waals surface area contributed by atoms with Crippen LogP contribution in [0.5, 0.6) is 5.75 Å². The Hall–Kier alpha value is -3.36. The van der Waals surface area contributed by atoms with Gasteiger partial charge in [0.15, 0.2) is 17.2 Å². The Labute approximate surface area is 186 Å². The predicted molar refractivity (Wildman–Crippen MR) is 120 cm³/mol. The van der Waals surface area contributed by atoms with Crippen molar-refractivity contribution in [2.75, 3.05) is 25.5 Å². The number of nitrogens with zero attached hydrogens (tertiary/aromatic N) is 4. The fraction of sp³-hybridized carbons (Fsp3) is 0.478. The number of aromatic nitrogens is 4. The highest BCUT2D eigenvalue weighted by molar-refractivity contribution is 5.99. The Morgan fingerprint density at radius 3 is 2.69 bits per heavy atom. The summed E-state index contributed by atoms with van der Waals surface area (Å²) in [5, 5.41) is 7.43. The minimum atomic E-state index is -0.568. The number of hydrogen-bond acceptors (Lipinski definition) is 6. The first kappa shape index (κ1) is 20.5. The maximum atomic E-state index is 13.1. The van der Waals surface area contributed by atoms with E-state index in [1.165, 1.54) is 0 Å². The summed E-state index contributed by atoms with van der Waals surface area (Å²) in [5.74, 6) is 1.21. The fourth-order valence-corrected chi connectivity index (χ4v) is 4.46. The summed E-state index contributed by atoms with van der Waals surface area (Å²) in [5.41, 5.74) is 1.87. The minimum absolute atomic E-state index is 0.0130. The molecule has 168 valence electrons. The van der Waals surface area contributed by atoms with E-state index in [0.717, 1.165) is 11.0 Å². The zero-order valence-corrected chi connectivity index (χ0v) is 18.9. The number of ether oxygens (including phenoxy) is 1. The number of H-pyrrole nitrogens is 1. The molecule has 5 rings (SSSR count). The summed E-state index contributed by atoms with van der Waals surface area (Å²) in [6, 6.07) is 5.50. The number of benzene rings is 1. The third-order valence-electron chi connectivity index (χ3n) is 6.37. The Morgan fingerprint density at radius 1 is 1.25 bits per heavy atom. The third kappa shape index (κ3) is 3.41. The molecule has 0 atom stereocenters. The van der Waals surface area contributed by atoms with E-state index in [-0.39, 0.29) is 17.2 Å². The second-order valence-corrected chi connectivity index (χ2v) is 9.70. The average molecular weight is 437 g/mol. The molecule has 32 heavy (non-hydrogen) atoms.